The fraction of sp³-hybridized carbons (Fsp3) is 0.571. The van der Waals surface area contributed by atoms with E-state index in [2.05, 4.69) is 10.3 Å². The molecule has 0 aromatic carbocycles. The van der Waals surface area contributed by atoms with Gasteiger partial charge in [-0.05, 0) is 13.3 Å². The van der Waals surface area contributed by atoms with E-state index in [0.717, 1.165) is 6.42 Å². The van der Waals surface area contributed by atoms with Gasteiger partial charge in [0.05, 0.1) is 18.3 Å². The van der Waals surface area contributed by atoms with Gasteiger partial charge in [0, 0.05) is 5.70 Å². The van der Waals surface area contributed by atoms with Crippen LogP contribution in [-0.2, 0) is 0 Å². The molecule has 2 atom stereocenters. The van der Waals surface area contributed by atoms with Crippen LogP contribution >= 0.6 is 0 Å². The van der Waals surface area contributed by atoms with Gasteiger partial charge < -0.3 is 5.32 Å². The van der Waals surface area contributed by atoms with Crippen molar-refractivity contribution in [3.8, 4) is 0 Å². The van der Waals surface area contributed by atoms with Crippen molar-refractivity contribution in [2.24, 2.45) is 4.99 Å². The van der Waals surface area contributed by atoms with E-state index in [1.165, 1.54) is 6.21 Å². The molecule has 1 aliphatic heterocycles. The average Bonchev–Trinajstić information content (AvgIpc) is 2.61. The van der Waals surface area contributed by atoms with Gasteiger partial charge >= 0.3 is 0 Å². The van der Waals surface area contributed by atoms with Gasteiger partial charge in [-0.2, -0.15) is 0 Å². The number of hydrogen-bond donors (Lipinski definition) is 1. The third kappa shape index (κ3) is 0.818. The Morgan fingerprint density at radius 2 is 2.60 bits per heavy atom. The highest BCUT2D eigenvalue weighted by Gasteiger charge is 2.38. The van der Waals surface area contributed by atoms with E-state index in [4.69, 9.17) is 0 Å². The Labute approximate surface area is 58.8 Å². The first-order valence-electron chi connectivity index (χ1n) is 3.43. The third-order valence-electron chi connectivity index (χ3n) is 1.90. The number of nitrogens with zero attached hydrogens (tertiary/aromatic N) is 1. The quantitative estimate of drug-likeness (QED) is 0.533. The molecule has 0 saturated heterocycles. The predicted octanol–water partition coefficient (Wildman–Crippen LogP) is 1.00. The molecule has 0 radical (unpaired) electrons. The molecule has 0 aromatic rings. The maximum absolute atomic E-state index is 12.7. The molecule has 0 spiro atoms. The zero-order valence-corrected chi connectivity index (χ0v) is 5.76. The van der Waals surface area contributed by atoms with Crippen LogP contribution in [-0.4, -0.2) is 18.3 Å². The molecule has 0 bridgehead atoms. The highest BCUT2D eigenvalue weighted by molar-refractivity contribution is 5.77. The highest BCUT2D eigenvalue weighted by Crippen LogP contribution is 2.28. The van der Waals surface area contributed by atoms with Crippen LogP contribution in [0.15, 0.2) is 16.5 Å². The van der Waals surface area contributed by atoms with Gasteiger partial charge in [0.2, 0.25) is 0 Å². The molecule has 1 aliphatic carbocycles. The fourth-order valence-electron chi connectivity index (χ4n) is 1.11. The zero-order chi connectivity index (χ0) is 7.14. The summed E-state index contributed by atoms with van der Waals surface area (Å²) in [6, 6.07) is 0.743. The smallest absolute Gasteiger partial charge is 0.159 e. The highest BCUT2D eigenvalue weighted by atomic mass is 19.1. The maximum atomic E-state index is 12.7. The van der Waals surface area contributed by atoms with Crippen LogP contribution in [0.1, 0.15) is 13.3 Å². The van der Waals surface area contributed by atoms with E-state index < -0.39 is 0 Å². The molecular weight excluding hydrogens is 131 g/mol. The Balaban J connectivity index is 2.23. The minimum atomic E-state index is -0.229. The van der Waals surface area contributed by atoms with Crippen LogP contribution in [0, 0.1) is 0 Å². The number of nitrogens with one attached hydrogen (secondary N) is 1. The van der Waals surface area contributed by atoms with Crippen molar-refractivity contribution in [3.05, 3.63) is 11.5 Å². The number of allylic oxidation sites excluding steroid dienone is 2. The average molecular weight is 140 g/mol. The van der Waals surface area contributed by atoms with E-state index in [-0.39, 0.29) is 5.83 Å². The molecule has 1 saturated carbocycles. The normalized spacial score (nSPS) is 36.6. The summed E-state index contributed by atoms with van der Waals surface area (Å²) in [5, 5.41) is 3.05. The van der Waals surface area contributed by atoms with Gasteiger partial charge in [0.25, 0.3) is 0 Å². The van der Waals surface area contributed by atoms with Crippen molar-refractivity contribution in [3.63, 3.8) is 0 Å². The first-order valence-corrected chi connectivity index (χ1v) is 3.43. The lowest BCUT2D eigenvalue weighted by atomic mass is 10.4. The maximum Gasteiger partial charge on any atom is 0.159 e. The molecule has 2 rings (SSSR count). The molecule has 3 heteroatoms. The monoisotopic (exact) mass is 140 g/mol. The Bertz CT molecular complexity index is 220. The minimum Gasteiger partial charge on any atom is -0.381 e. The van der Waals surface area contributed by atoms with E-state index in [1.54, 1.807) is 6.92 Å². The second-order valence-corrected chi connectivity index (χ2v) is 2.80. The number of fused-ring (bicyclic) bond motifs is 1. The van der Waals surface area contributed by atoms with Gasteiger partial charge in [-0.25, -0.2) is 4.39 Å². The molecule has 2 nitrogen and oxygen atoms in total. The van der Waals surface area contributed by atoms with Gasteiger partial charge in [-0.1, -0.05) is 0 Å². The molecule has 0 aromatic heterocycles. The lowest BCUT2D eigenvalue weighted by molar-refractivity contribution is 0.649. The first-order chi connectivity index (χ1) is 4.77. The fourth-order valence-corrected chi connectivity index (χ4v) is 1.11. The van der Waals surface area contributed by atoms with Crippen molar-refractivity contribution in [2.45, 2.75) is 25.4 Å². The summed E-state index contributed by atoms with van der Waals surface area (Å²) in [5.74, 6) is -0.229. The summed E-state index contributed by atoms with van der Waals surface area (Å²) in [7, 11) is 0. The molecule has 0 amide bonds. The van der Waals surface area contributed by atoms with Crippen molar-refractivity contribution in [2.75, 3.05) is 0 Å². The molecule has 1 heterocycles. The Morgan fingerprint density at radius 3 is 3.40 bits per heavy atom. The van der Waals surface area contributed by atoms with Gasteiger partial charge in [-0.15, -0.1) is 0 Å². The van der Waals surface area contributed by atoms with Crippen LogP contribution in [0.2, 0.25) is 0 Å². The SMILES string of the molecule is CC1=C(F)C=NC2CC2N1. The molecule has 2 aliphatic rings. The largest absolute Gasteiger partial charge is 0.381 e. The number of rotatable bonds is 0. The molecule has 1 fully saturated rings. The van der Waals surface area contributed by atoms with Gasteiger partial charge in [-0.3, -0.25) is 4.99 Å². The standard InChI is InChI=1S/C7H9FN2/c1-4-5(8)3-9-6-2-7(6)10-4/h3,6-7,10H,2H2,1H3. The summed E-state index contributed by atoms with van der Waals surface area (Å²) < 4.78 is 12.7. The number of hydrogen-bond acceptors (Lipinski definition) is 2. The number of aliphatic imine (C=N–C) groups is 1. The van der Waals surface area contributed by atoms with Gasteiger partial charge in [0.1, 0.15) is 0 Å². The van der Waals surface area contributed by atoms with Crippen LogP contribution in [0.3, 0.4) is 0 Å². The lowest BCUT2D eigenvalue weighted by Crippen LogP contribution is -2.16. The summed E-state index contributed by atoms with van der Waals surface area (Å²) in [6.45, 7) is 1.74. The minimum absolute atomic E-state index is 0.229. The van der Waals surface area contributed by atoms with Crippen LogP contribution in [0.4, 0.5) is 4.39 Å². The molecular formula is C7H9FN2. The molecule has 1 N–H and O–H groups in total. The van der Waals surface area contributed by atoms with E-state index in [1.807, 2.05) is 0 Å². The van der Waals surface area contributed by atoms with Crippen LogP contribution < -0.4 is 5.32 Å². The Hall–Kier alpha value is -0.860. The van der Waals surface area contributed by atoms with Crippen molar-refractivity contribution < 1.29 is 4.39 Å². The second-order valence-electron chi connectivity index (χ2n) is 2.80. The van der Waals surface area contributed by atoms with E-state index >= 15 is 0 Å². The molecule has 2 unspecified atom stereocenters. The third-order valence-corrected chi connectivity index (χ3v) is 1.90. The van der Waals surface area contributed by atoms with Crippen molar-refractivity contribution in [1.82, 2.24) is 5.32 Å². The van der Waals surface area contributed by atoms with Crippen molar-refractivity contribution >= 4 is 6.21 Å². The van der Waals surface area contributed by atoms with E-state index in [0.29, 0.717) is 17.8 Å². The topological polar surface area (TPSA) is 24.4 Å². The van der Waals surface area contributed by atoms with Gasteiger partial charge in [0.15, 0.2) is 5.83 Å². The van der Waals surface area contributed by atoms with Crippen molar-refractivity contribution in [1.29, 1.82) is 0 Å². The van der Waals surface area contributed by atoms with Crippen LogP contribution in [0.5, 0.6) is 0 Å². The number of halogens is 1. The first kappa shape index (κ1) is 5.89. The molecule has 54 valence electrons. The Kier molecular flexibility index (Phi) is 1.07. The second kappa shape index (κ2) is 1.81. The zero-order valence-electron chi connectivity index (χ0n) is 5.76. The molecule has 10 heavy (non-hydrogen) atoms. The predicted molar refractivity (Wildman–Crippen MR) is 37.6 cm³/mol. The summed E-state index contributed by atoms with van der Waals surface area (Å²) in [6.07, 6.45) is 2.38. The summed E-state index contributed by atoms with van der Waals surface area (Å²) in [5.41, 5.74) is 0.619. The Morgan fingerprint density at radius 1 is 1.80 bits per heavy atom. The summed E-state index contributed by atoms with van der Waals surface area (Å²) in [4.78, 5) is 4.01. The van der Waals surface area contributed by atoms with E-state index in [9.17, 15) is 4.39 Å². The van der Waals surface area contributed by atoms with Crippen LogP contribution in [0.25, 0.3) is 0 Å². The summed E-state index contributed by atoms with van der Waals surface area (Å²) >= 11 is 0. The lowest BCUT2D eigenvalue weighted by Gasteiger charge is -2.00.